The van der Waals surface area contributed by atoms with Crippen LogP contribution in [0.2, 0.25) is 0 Å². The quantitative estimate of drug-likeness (QED) is 0.336. The second-order valence-electron chi connectivity index (χ2n) is 7.81. The molecule has 0 radical (unpaired) electrons. The predicted molar refractivity (Wildman–Crippen MR) is 135 cm³/mol. The van der Waals surface area contributed by atoms with E-state index in [0.717, 1.165) is 17.3 Å². The van der Waals surface area contributed by atoms with Crippen LogP contribution in [0.4, 0.5) is 0 Å². The lowest BCUT2D eigenvalue weighted by molar-refractivity contribution is 0.413. The summed E-state index contributed by atoms with van der Waals surface area (Å²) < 4.78 is 17.8. The number of rotatable bonds is 6. The van der Waals surface area contributed by atoms with Crippen LogP contribution in [-0.4, -0.2) is 23.9 Å². The maximum Gasteiger partial charge on any atom is 0.354 e. The monoisotopic (exact) mass is 487 g/mol. The van der Waals surface area contributed by atoms with Crippen molar-refractivity contribution in [1.29, 1.82) is 0 Å². The minimum absolute atomic E-state index is 0.0365. The first kappa shape index (κ1) is 22.6. The van der Waals surface area contributed by atoms with Crippen LogP contribution in [0.5, 0.6) is 17.2 Å². The molecule has 5 aromatic rings. The number of methoxy groups -OCH3 is 2. The van der Waals surface area contributed by atoms with E-state index in [9.17, 15) is 14.7 Å². The van der Waals surface area contributed by atoms with Crippen molar-refractivity contribution in [3.8, 4) is 17.2 Å². The summed E-state index contributed by atoms with van der Waals surface area (Å²) in [5.74, 6) is 0.744. The topological polar surface area (TPSA) is 90.9 Å². The molecule has 8 heteroatoms. The molecule has 1 N–H and O–H groups in total. The number of aromatic nitrogens is 1. The number of fused-ring (bicyclic) bond motifs is 3. The third kappa shape index (κ3) is 4.13. The number of hydrogen-bond acceptors (Lipinski definition) is 7. The van der Waals surface area contributed by atoms with E-state index in [-0.39, 0.29) is 22.4 Å². The van der Waals surface area contributed by atoms with Crippen molar-refractivity contribution in [1.82, 2.24) is 4.57 Å². The average molecular weight is 488 g/mol. The second kappa shape index (κ2) is 9.23. The molecule has 7 nitrogen and oxygen atoms in total. The Hall–Kier alpha value is -4.17. The summed E-state index contributed by atoms with van der Waals surface area (Å²) in [6, 6.07) is 21.7. The summed E-state index contributed by atoms with van der Waals surface area (Å²) in [5.41, 5.74) is 0.260. The number of hydrogen-bond donors (Lipinski definition) is 1. The zero-order chi connectivity index (χ0) is 24.5. The number of benzene rings is 3. The molecular formula is C27H21NO6S. The van der Waals surface area contributed by atoms with Crippen molar-refractivity contribution >= 4 is 33.6 Å². The van der Waals surface area contributed by atoms with Crippen molar-refractivity contribution in [2.45, 2.75) is 16.3 Å². The van der Waals surface area contributed by atoms with Crippen LogP contribution in [0.15, 0.2) is 96.6 Å². The molecule has 35 heavy (non-hydrogen) atoms. The van der Waals surface area contributed by atoms with Crippen LogP contribution in [0.3, 0.4) is 0 Å². The van der Waals surface area contributed by atoms with E-state index in [0.29, 0.717) is 27.3 Å². The number of pyridine rings is 1. The van der Waals surface area contributed by atoms with Crippen LogP contribution >= 0.6 is 11.8 Å². The van der Waals surface area contributed by atoms with Crippen LogP contribution in [0, 0.1) is 0 Å². The highest BCUT2D eigenvalue weighted by atomic mass is 32.2. The van der Waals surface area contributed by atoms with Crippen LogP contribution in [-0.2, 0) is 6.54 Å². The zero-order valence-corrected chi connectivity index (χ0v) is 19.8. The number of aromatic hydroxyl groups is 1. The first-order valence-corrected chi connectivity index (χ1v) is 11.6. The van der Waals surface area contributed by atoms with Crippen molar-refractivity contribution in [2.75, 3.05) is 14.2 Å². The normalized spacial score (nSPS) is 11.1. The van der Waals surface area contributed by atoms with Gasteiger partial charge in [-0.15, -0.1) is 0 Å². The van der Waals surface area contributed by atoms with Crippen molar-refractivity contribution in [3.05, 3.63) is 99.1 Å². The summed E-state index contributed by atoms with van der Waals surface area (Å²) in [4.78, 5) is 27.3. The van der Waals surface area contributed by atoms with Crippen molar-refractivity contribution in [2.24, 2.45) is 0 Å². The molecule has 0 fully saturated rings. The van der Waals surface area contributed by atoms with E-state index in [4.69, 9.17) is 13.9 Å². The van der Waals surface area contributed by atoms with E-state index in [1.165, 1.54) is 7.11 Å². The van der Waals surface area contributed by atoms with Crippen LogP contribution in [0.1, 0.15) is 5.56 Å². The van der Waals surface area contributed by atoms with Crippen molar-refractivity contribution < 1.29 is 19.0 Å². The molecule has 0 aliphatic rings. The van der Waals surface area contributed by atoms with Crippen LogP contribution < -0.4 is 20.7 Å². The van der Waals surface area contributed by atoms with Gasteiger partial charge in [-0.05, 0) is 35.9 Å². The number of nitrogens with zero attached hydrogens (tertiary/aromatic N) is 1. The van der Waals surface area contributed by atoms with E-state index in [2.05, 4.69) is 0 Å². The van der Waals surface area contributed by atoms with Crippen molar-refractivity contribution in [3.63, 3.8) is 0 Å². The van der Waals surface area contributed by atoms with Gasteiger partial charge in [-0.3, -0.25) is 4.79 Å². The molecule has 176 valence electrons. The fraction of sp³-hybridized carbons (Fsp3) is 0.111. The molecular weight excluding hydrogens is 466 g/mol. The lowest BCUT2D eigenvalue weighted by atomic mass is 10.1. The Balaban J connectivity index is 1.78. The van der Waals surface area contributed by atoms with Gasteiger partial charge in [0.1, 0.15) is 21.8 Å². The summed E-state index contributed by atoms with van der Waals surface area (Å²) in [5, 5.41) is 11.7. The molecule has 5 rings (SSSR count). The highest BCUT2D eigenvalue weighted by Gasteiger charge is 2.23. The Labute approximate surface area is 204 Å². The molecule has 0 unspecified atom stereocenters. The SMILES string of the molecule is COc1cccc(Sc2c(O)c3c(=O)n(Cc4ccccc4)c4cc(OC)ccc4c3oc2=O)c1. The van der Waals surface area contributed by atoms with Gasteiger partial charge in [0.05, 0.1) is 26.3 Å². The molecule has 0 bridgehead atoms. The van der Waals surface area contributed by atoms with Gasteiger partial charge < -0.3 is 23.6 Å². The Bertz CT molecular complexity index is 1670. The lowest BCUT2D eigenvalue weighted by Gasteiger charge is -2.15. The minimum Gasteiger partial charge on any atom is -0.505 e. The smallest absolute Gasteiger partial charge is 0.354 e. The Morgan fingerprint density at radius 3 is 2.40 bits per heavy atom. The van der Waals surface area contributed by atoms with E-state index in [1.807, 2.05) is 30.3 Å². The van der Waals surface area contributed by atoms with Gasteiger partial charge >= 0.3 is 5.63 Å². The Morgan fingerprint density at radius 1 is 0.914 bits per heavy atom. The lowest BCUT2D eigenvalue weighted by Crippen LogP contribution is -2.23. The maximum absolute atomic E-state index is 13.8. The third-order valence-corrected chi connectivity index (χ3v) is 6.76. The molecule has 0 saturated heterocycles. The summed E-state index contributed by atoms with van der Waals surface area (Å²) in [6.45, 7) is 0.260. The minimum atomic E-state index is -0.736. The fourth-order valence-corrected chi connectivity index (χ4v) is 4.87. The summed E-state index contributed by atoms with van der Waals surface area (Å²) >= 11 is 1.01. The highest BCUT2D eigenvalue weighted by molar-refractivity contribution is 7.99. The van der Waals surface area contributed by atoms with E-state index >= 15 is 0 Å². The van der Waals surface area contributed by atoms with Gasteiger partial charge in [0.15, 0.2) is 11.3 Å². The van der Waals surface area contributed by atoms with Gasteiger partial charge in [0, 0.05) is 16.3 Å². The van der Waals surface area contributed by atoms with Gasteiger partial charge in [-0.25, -0.2) is 4.79 Å². The summed E-state index contributed by atoms with van der Waals surface area (Å²) in [7, 11) is 3.08. The Morgan fingerprint density at radius 2 is 1.66 bits per heavy atom. The molecule has 0 aliphatic carbocycles. The van der Waals surface area contributed by atoms with E-state index in [1.54, 1.807) is 54.1 Å². The molecule has 2 aromatic heterocycles. The molecule has 0 spiro atoms. The largest absolute Gasteiger partial charge is 0.505 e. The molecule has 3 aromatic carbocycles. The Kier molecular flexibility index (Phi) is 5.96. The highest BCUT2D eigenvalue weighted by Crippen LogP contribution is 2.38. The first-order chi connectivity index (χ1) is 17.0. The molecule has 0 atom stereocenters. The van der Waals surface area contributed by atoms with E-state index < -0.39 is 16.9 Å². The van der Waals surface area contributed by atoms with Gasteiger partial charge in [0.2, 0.25) is 0 Å². The maximum atomic E-state index is 13.8. The van der Waals surface area contributed by atoms with Crippen LogP contribution in [0.25, 0.3) is 21.9 Å². The van der Waals surface area contributed by atoms with Gasteiger partial charge in [0.25, 0.3) is 5.56 Å². The zero-order valence-electron chi connectivity index (χ0n) is 19.0. The second-order valence-corrected chi connectivity index (χ2v) is 8.90. The average Bonchev–Trinajstić information content (AvgIpc) is 2.89. The van der Waals surface area contributed by atoms with Gasteiger partial charge in [-0.2, -0.15) is 0 Å². The third-order valence-electron chi connectivity index (χ3n) is 5.70. The molecule has 0 amide bonds. The standard InChI is InChI=1S/C27H21NO6S/c1-32-17-9-6-10-19(13-17)35-25-23(29)22-24(34-27(25)31)20-12-11-18(33-2)14-21(20)28(26(22)30)15-16-7-4-3-5-8-16/h3-14,29H,15H2,1-2H3. The predicted octanol–water partition coefficient (Wildman–Crippen LogP) is 5.03. The summed E-state index contributed by atoms with van der Waals surface area (Å²) in [6.07, 6.45) is 0. The molecule has 0 aliphatic heterocycles. The van der Waals surface area contributed by atoms with Gasteiger partial charge in [-0.1, -0.05) is 48.2 Å². The molecule has 2 heterocycles. The fourth-order valence-electron chi connectivity index (χ4n) is 3.99. The molecule has 0 saturated carbocycles. The first-order valence-electron chi connectivity index (χ1n) is 10.8. The number of ether oxygens (including phenoxy) is 2.